The maximum atomic E-state index is 13.4. The lowest BCUT2D eigenvalue weighted by Crippen LogP contribution is -2.45. The van der Waals surface area contributed by atoms with Crippen LogP contribution in [0.5, 0.6) is 0 Å². The molecule has 3 N–H and O–H groups in total. The van der Waals surface area contributed by atoms with Gasteiger partial charge in [0.1, 0.15) is 0 Å². The third-order valence-corrected chi connectivity index (χ3v) is 4.35. The smallest absolute Gasteiger partial charge is 0.269 e. The van der Waals surface area contributed by atoms with Crippen molar-refractivity contribution in [2.75, 3.05) is 5.32 Å². The van der Waals surface area contributed by atoms with E-state index in [4.69, 9.17) is 12.2 Å². The van der Waals surface area contributed by atoms with Crippen LogP contribution < -0.4 is 16.0 Å². The quantitative estimate of drug-likeness (QED) is 0.411. The molecule has 1 aliphatic heterocycles. The van der Waals surface area contributed by atoms with E-state index in [1.54, 1.807) is 6.92 Å². The van der Waals surface area contributed by atoms with Gasteiger partial charge >= 0.3 is 0 Å². The number of hydrogen-bond donors (Lipinski definition) is 3. The van der Waals surface area contributed by atoms with Crippen molar-refractivity contribution in [3.63, 3.8) is 0 Å². The van der Waals surface area contributed by atoms with Crippen LogP contribution in [0.1, 0.15) is 18.5 Å². The second-order valence-corrected chi connectivity index (χ2v) is 6.41. The Hall–Kier alpha value is -3.40. The highest BCUT2D eigenvalue weighted by molar-refractivity contribution is 7.80. The first-order valence-electron chi connectivity index (χ1n) is 8.05. The molecule has 1 amide bonds. The summed E-state index contributed by atoms with van der Waals surface area (Å²) in [6, 6.07) is 8.01. The lowest BCUT2D eigenvalue weighted by Gasteiger charge is -2.30. The number of nitrogens with zero attached hydrogens (tertiary/aromatic N) is 1. The van der Waals surface area contributed by atoms with E-state index < -0.39 is 28.5 Å². The van der Waals surface area contributed by atoms with Gasteiger partial charge in [-0.05, 0) is 49.0 Å². The molecule has 144 valence electrons. The van der Waals surface area contributed by atoms with Crippen LogP contribution in [0.15, 0.2) is 53.7 Å². The number of rotatable bonds is 4. The molecule has 0 saturated heterocycles. The van der Waals surface area contributed by atoms with E-state index in [1.165, 1.54) is 30.3 Å². The average Bonchev–Trinajstić information content (AvgIpc) is 2.64. The number of allylic oxidation sites excluding steroid dienone is 1. The summed E-state index contributed by atoms with van der Waals surface area (Å²) in [5, 5.41) is 19.4. The molecule has 28 heavy (non-hydrogen) atoms. The van der Waals surface area contributed by atoms with Gasteiger partial charge in [-0.1, -0.05) is 0 Å². The van der Waals surface area contributed by atoms with Gasteiger partial charge in [-0.3, -0.25) is 14.9 Å². The van der Waals surface area contributed by atoms with Gasteiger partial charge in [0.2, 0.25) is 0 Å². The van der Waals surface area contributed by atoms with Gasteiger partial charge in [0.25, 0.3) is 11.6 Å². The number of thiocarbonyl (C=S) groups is 1. The zero-order valence-corrected chi connectivity index (χ0v) is 15.3. The zero-order chi connectivity index (χ0) is 20.4. The Balaban J connectivity index is 1.93. The van der Waals surface area contributed by atoms with Crippen molar-refractivity contribution in [3.8, 4) is 0 Å². The third kappa shape index (κ3) is 3.96. The summed E-state index contributed by atoms with van der Waals surface area (Å²) < 4.78 is 26.5. The van der Waals surface area contributed by atoms with Gasteiger partial charge < -0.3 is 16.0 Å². The largest absolute Gasteiger partial charge is 0.351 e. The fourth-order valence-electron chi connectivity index (χ4n) is 2.81. The summed E-state index contributed by atoms with van der Waals surface area (Å²) in [6.07, 6.45) is 0. The van der Waals surface area contributed by atoms with Crippen LogP contribution in [0.2, 0.25) is 0 Å². The Bertz CT molecular complexity index is 1010. The molecule has 0 spiro atoms. The molecule has 1 heterocycles. The molecule has 2 aromatic carbocycles. The summed E-state index contributed by atoms with van der Waals surface area (Å²) in [5.74, 6) is -2.67. The topological polar surface area (TPSA) is 96.3 Å². The van der Waals surface area contributed by atoms with Gasteiger partial charge in [-0.25, -0.2) is 8.78 Å². The number of nitrogens with one attached hydrogen (secondary N) is 3. The number of benzene rings is 2. The van der Waals surface area contributed by atoms with Crippen LogP contribution in [0.3, 0.4) is 0 Å². The van der Waals surface area contributed by atoms with Crippen molar-refractivity contribution in [2.45, 2.75) is 13.0 Å². The third-order valence-electron chi connectivity index (χ3n) is 4.13. The molecule has 7 nitrogen and oxygen atoms in total. The minimum absolute atomic E-state index is 0.0831. The molecule has 3 rings (SSSR count). The lowest BCUT2D eigenvalue weighted by molar-refractivity contribution is -0.384. The van der Waals surface area contributed by atoms with Crippen LogP contribution in [0, 0.1) is 21.7 Å². The molecule has 2 aromatic rings. The number of carbonyl (C=O) groups excluding carboxylic acids is 1. The fourth-order valence-corrected chi connectivity index (χ4v) is 3.08. The Kier molecular flexibility index (Phi) is 5.32. The second-order valence-electron chi connectivity index (χ2n) is 6.00. The molecular formula is C18H14F2N4O3S. The minimum Gasteiger partial charge on any atom is -0.351 e. The van der Waals surface area contributed by atoms with E-state index in [9.17, 15) is 23.7 Å². The van der Waals surface area contributed by atoms with Gasteiger partial charge in [0.05, 0.1) is 16.5 Å². The molecule has 0 saturated carbocycles. The Morgan fingerprint density at radius 1 is 1.18 bits per heavy atom. The number of nitro benzene ring substituents is 1. The summed E-state index contributed by atoms with van der Waals surface area (Å²) in [5.41, 5.74) is 1.29. The summed E-state index contributed by atoms with van der Waals surface area (Å²) in [4.78, 5) is 23.1. The average molecular weight is 404 g/mol. The van der Waals surface area contributed by atoms with Crippen molar-refractivity contribution in [1.29, 1.82) is 0 Å². The Morgan fingerprint density at radius 3 is 2.46 bits per heavy atom. The Morgan fingerprint density at radius 2 is 1.86 bits per heavy atom. The van der Waals surface area contributed by atoms with Gasteiger partial charge in [0, 0.05) is 29.6 Å². The lowest BCUT2D eigenvalue weighted by atomic mass is 9.94. The maximum absolute atomic E-state index is 13.4. The van der Waals surface area contributed by atoms with Crippen molar-refractivity contribution in [1.82, 2.24) is 10.6 Å². The zero-order valence-electron chi connectivity index (χ0n) is 14.5. The monoisotopic (exact) mass is 404 g/mol. The highest BCUT2D eigenvalue weighted by Crippen LogP contribution is 2.29. The van der Waals surface area contributed by atoms with Crippen LogP contribution in [0.4, 0.5) is 20.2 Å². The number of anilines is 1. The number of halogens is 2. The molecule has 0 aliphatic carbocycles. The van der Waals surface area contributed by atoms with Crippen molar-refractivity contribution in [2.24, 2.45) is 0 Å². The second kappa shape index (κ2) is 7.69. The number of amides is 1. The minimum atomic E-state index is -1.09. The summed E-state index contributed by atoms with van der Waals surface area (Å²) >= 11 is 5.14. The fraction of sp³-hybridized carbons (Fsp3) is 0.111. The number of non-ortho nitro benzene ring substituents is 1. The van der Waals surface area contributed by atoms with E-state index in [0.717, 1.165) is 12.1 Å². The normalized spacial score (nSPS) is 16.2. The van der Waals surface area contributed by atoms with Crippen molar-refractivity contribution >= 4 is 34.6 Å². The van der Waals surface area contributed by atoms with E-state index in [0.29, 0.717) is 11.3 Å². The number of hydrogen-bond acceptors (Lipinski definition) is 4. The summed E-state index contributed by atoms with van der Waals surface area (Å²) in [7, 11) is 0. The molecule has 0 aromatic heterocycles. The summed E-state index contributed by atoms with van der Waals surface area (Å²) in [6.45, 7) is 1.64. The molecular weight excluding hydrogens is 390 g/mol. The Labute approximate surface area is 163 Å². The highest BCUT2D eigenvalue weighted by atomic mass is 32.1. The molecule has 1 atom stereocenters. The highest BCUT2D eigenvalue weighted by Gasteiger charge is 2.30. The predicted octanol–water partition coefficient (Wildman–Crippen LogP) is 3.30. The number of carbonyl (C=O) groups is 1. The molecule has 1 aliphatic rings. The number of nitro groups is 1. The van der Waals surface area contributed by atoms with Gasteiger partial charge in [-0.2, -0.15) is 0 Å². The predicted molar refractivity (Wildman–Crippen MR) is 102 cm³/mol. The van der Waals surface area contributed by atoms with Gasteiger partial charge in [0.15, 0.2) is 16.7 Å². The molecule has 1 unspecified atom stereocenters. The van der Waals surface area contributed by atoms with Gasteiger partial charge in [-0.15, -0.1) is 0 Å². The maximum Gasteiger partial charge on any atom is 0.269 e. The molecule has 0 fully saturated rings. The van der Waals surface area contributed by atoms with E-state index in [2.05, 4.69) is 16.0 Å². The van der Waals surface area contributed by atoms with Crippen LogP contribution >= 0.6 is 12.2 Å². The molecule has 10 heteroatoms. The first-order valence-corrected chi connectivity index (χ1v) is 8.46. The van der Waals surface area contributed by atoms with E-state index in [1.807, 2.05) is 0 Å². The van der Waals surface area contributed by atoms with Crippen LogP contribution in [-0.2, 0) is 4.79 Å². The van der Waals surface area contributed by atoms with E-state index >= 15 is 0 Å². The van der Waals surface area contributed by atoms with E-state index in [-0.39, 0.29) is 22.1 Å². The molecule has 0 radical (unpaired) electrons. The van der Waals surface area contributed by atoms with Crippen LogP contribution in [0.25, 0.3) is 0 Å². The van der Waals surface area contributed by atoms with Crippen molar-refractivity contribution < 1.29 is 18.5 Å². The van der Waals surface area contributed by atoms with Crippen LogP contribution in [-0.4, -0.2) is 15.9 Å². The van der Waals surface area contributed by atoms with Crippen molar-refractivity contribution in [3.05, 3.63) is 81.0 Å². The molecule has 0 bridgehead atoms. The SMILES string of the molecule is CC1=C(C(=O)Nc2ccc(F)c(F)c2)C(c2ccc([N+](=O)[O-])cc2)NC(=S)N1. The first-order chi connectivity index (χ1) is 13.3. The first kappa shape index (κ1) is 19.4. The standard InChI is InChI=1S/C18H14F2N4O3S/c1-9-15(17(25)22-11-4-7-13(19)14(20)8-11)16(23-18(28)21-9)10-2-5-12(6-3-10)24(26)27/h2-8,16H,1H3,(H,22,25)(H2,21,23,28).